The molecule has 0 atom stereocenters. The van der Waals surface area contributed by atoms with Crippen molar-refractivity contribution in [3.8, 4) is 0 Å². The van der Waals surface area contributed by atoms with E-state index < -0.39 is 0 Å². The molecule has 0 saturated heterocycles. The zero-order chi connectivity index (χ0) is 18.0. The molecule has 1 aromatic carbocycles. The maximum absolute atomic E-state index is 4.66. The van der Waals surface area contributed by atoms with Gasteiger partial charge in [0, 0.05) is 32.3 Å². The Morgan fingerprint density at radius 3 is 2.63 bits per heavy atom. The van der Waals surface area contributed by atoms with Crippen LogP contribution < -0.4 is 10.6 Å². The summed E-state index contributed by atoms with van der Waals surface area (Å²) in [5.41, 5.74) is 2.24. The van der Waals surface area contributed by atoms with Crippen LogP contribution in [-0.4, -0.2) is 40.2 Å². The fourth-order valence-electron chi connectivity index (χ4n) is 2.81. The van der Waals surface area contributed by atoms with Crippen LogP contribution in [0.5, 0.6) is 0 Å². The summed E-state index contributed by atoms with van der Waals surface area (Å²) >= 11 is 0. The molecule has 0 spiro atoms. The minimum atomic E-state index is 0. The van der Waals surface area contributed by atoms with Gasteiger partial charge in [-0.05, 0) is 37.5 Å². The number of pyridine rings is 1. The quantitative estimate of drug-likeness (QED) is 0.226. The SMILES string of the molecule is CCNC(=NCCCc1ccccc1)NCCc1nnc2ccccn12.I. The lowest BCUT2D eigenvalue weighted by Gasteiger charge is -2.11. The van der Waals surface area contributed by atoms with Crippen LogP contribution >= 0.6 is 24.0 Å². The summed E-state index contributed by atoms with van der Waals surface area (Å²) in [4.78, 5) is 4.66. The number of halogens is 1. The molecule has 3 aromatic rings. The van der Waals surface area contributed by atoms with Gasteiger partial charge in [0.15, 0.2) is 11.6 Å². The number of hydrogen-bond donors (Lipinski definition) is 2. The van der Waals surface area contributed by atoms with E-state index in [0.717, 1.165) is 56.3 Å². The third kappa shape index (κ3) is 6.50. The largest absolute Gasteiger partial charge is 0.357 e. The lowest BCUT2D eigenvalue weighted by Crippen LogP contribution is -2.38. The molecule has 6 nitrogen and oxygen atoms in total. The van der Waals surface area contributed by atoms with Gasteiger partial charge < -0.3 is 10.6 Å². The molecule has 144 valence electrons. The molecule has 0 radical (unpaired) electrons. The summed E-state index contributed by atoms with van der Waals surface area (Å²) in [6, 6.07) is 16.5. The van der Waals surface area contributed by atoms with E-state index in [9.17, 15) is 0 Å². The molecule has 3 rings (SSSR count). The second-order valence-corrected chi connectivity index (χ2v) is 6.07. The minimum absolute atomic E-state index is 0. The van der Waals surface area contributed by atoms with Crippen molar-refractivity contribution in [2.75, 3.05) is 19.6 Å². The van der Waals surface area contributed by atoms with Crippen LogP contribution in [0.4, 0.5) is 0 Å². The maximum Gasteiger partial charge on any atom is 0.191 e. The summed E-state index contributed by atoms with van der Waals surface area (Å²) in [6.07, 6.45) is 4.87. The highest BCUT2D eigenvalue weighted by Gasteiger charge is 2.04. The van der Waals surface area contributed by atoms with Crippen molar-refractivity contribution in [3.05, 3.63) is 66.1 Å². The van der Waals surface area contributed by atoms with Crippen LogP contribution in [0.25, 0.3) is 5.65 Å². The monoisotopic (exact) mass is 478 g/mol. The summed E-state index contributed by atoms with van der Waals surface area (Å²) in [5.74, 6) is 1.81. The minimum Gasteiger partial charge on any atom is -0.357 e. The molecule has 0 bridgehead atoms. The number of aryl methyl sites for hydroxylation is 1. The van der Waals surface area contributed by atoms with Crippen LogP contribution in [0.1, 0.15) is 24.7 Å². The topological polar surface area (TPSA) is 66.6 Å². The molecule has 2 heterocycles. The lowest BCUT2D eigenvalue weighted by atomic mass is 10.1. The van der Waals surface area contributed by atoms with Crippen molar-refractivity contribution in [2.24, 2.45) is 4.99 Å². The highest BCUT2D eigenvalue weighted by molar-refractivity contribution is 14.0. The molecule has 0 aliphatic carbocycles. The van der Waals surface area contributed by atoms with Crippen molar-refractivity contribution < 1.29 is 0 Å². The van der Waals surface area contributed by atoms with Crippen molar-refractivity contribution in [2.45, 2.75) is 26.2 Å². The number of fused-ring (bicyclic) bond motifs is 1. The smallest absolute Gasteiger partial charge is 0.191 e. The molecule has 2 N–H and O–H groups in total. The van der Waals surface area contributed by atoms with Crippen molar-refractivity contribution in [3.63, 3.8) is 0 Å². The van der Waals surface area contributed by atoms with Crippen molar-refractivity contribution >= 4 is 35.6 Å². The van der Waals surface area contributed by atoms with E-state index >= 15 is 0 Å². The Morgan fingerprint density at radius 2 is 1.81 bits per heavy atom. The molecule has 0 aliphatic rings. The zero-order valence-electron chi connectivity index (χ0n) is 15.6. The Labute approximate surface area is 177 Å². The molecule has 0 unspecified atom stereocenters. The molecule has 0 amide bonds. The fraction of sp³-hybridized carbons (Fsp3) is 0.350. The van der Waals surface area contributed by atoms with Crippen molar-refractivity contribution in [1.82, 2.24) is 25.2 Å². The number of nitrogens with zero attached hydrogens (tertiary/aromatic N) is 4. The second kappa shape index (κ2) is 11.5. The predicted octanol–water partition coefficient (Wildman–Crippen LogP) is 3.08. The van der Waals surface area contributed by atoms with Gasteiger partial charge >= 0.3 is 0 Å². The average Bonchev–Trinajstić information content (AvgIpc) is 3.09. The first-order chi connectivity index (χ1) is 12.9. The van der Waals surface area contributed by atoms with Crippen LogP contribution in [0.15, 0.2) is 59.7 Å². The lowest BCUT2D eigenvalue weighted by molar-refractivity contribution is 0.753. The Bertz CT molecular complexity index is 831. The van der Waals surface area contributed by atoms with E-state index in [1.165, 1.54) is 5.56 Å². The Hall–Kier alpha value is -2.16. The van der Waals surface area contributed by atoms with E-state index in [2.05, 4.69) is 57.0 Å². The molecular weight excluding hydrogens is 451 g/mol. The Balaban J connectivity index is 0.00000261. The van der Waals surface area contributed by atoms with Gasteiger partial charge in [-0.1, -0.05) is 36.4 Å². The van der Waals surface area contributed by atoms with Crippen molar-refractivity contribution in [1.29, 1.82) is 0 Å². The first-order valence-electron chi connectivity index (χ1n) is 9.21. The molecule has 0 saturated carbocycles. The highest BCUT2D eigenvalue weighted by Crippen LogP contribution is 2.03. The summed E-state index contributed by atoms with van der Waals surface area (Å²) in [6.45, 7) is 4.49. The fourth-order valence-corrected chi connectivity index (χ4v) is 2.81. The van der Waals surface area contributed by atoms with Gasteiger partial charge in [-0.15, -0.1) is 34.2 Å². The molecule has 0 aliphatic heterocycles. The zero-order valence-corrected chi connectivity index (χ0v) is 18.0. The number of benzene rings is 1. The number of rotatable bonds is 8. The first kappa shape index (κ1) is 21.1. The van der Waals surface area contributed by atoms with E-state index in [4.69, 9.17) is 0 Å². The second-order valence-electron chi connectivity index (χ2n) is 6.07. The number of aromatic nitrogens is 3. The Kier molecular flexibility index (Phi) is 9.03. The van der Waals surface area contributed by atoms with Crippen LogP contribution in [-0.2, 0) is 12.8 Å². The average molecular weight is 478 g/mol. The van der Waals surface area contributed by atoms with Crippen LogP contribution in [0, 0.1) is 0 Å². The van der Waals surface area contributed by atoms with Crippen LogP contribution in [0.3, 0.4) is 0 Å². The molecule has 7 heteroatoms. The summed E-state index contributed by atoms with van der Waals surface area (Å²) in [5, 5.41) is 15.1. The Morgan fingerprint density at radius 1 is 1.00 bits per heavy atom. The van der Waals surface area contributed by atoms with Gasteiger partial charge in [0.25, 0.3) is 0 Å². The summed E-state index contributed by atoms with van der Waals surface area (Å²) < 4.78 is 2.02. The van der Waals surface area contributed by atoms with Gasteiger partial charge in [0.2, 0.25) is 0 Å². The predicted molar refractivity (Wildman–Crippen MR) is 121 cm³/mol. The number of aliphatic imine (C=N–C) groups is 1. The van der Waals surface area contributed by atoms with Gasteiger partial charge in [0.05, 0.1) is 0 Å². The van der Waals surface area contributed by atoms with Gasteiger partial charge in [-0.25, -0.2) is 0 Å². The van der Waals surface area contributed by atoms with E-state index in [-0.39, 0.29) is 24.0 Å². The van der Waals surface area contributed by atoms with E-state index in [0.29, 0.717) is 0 Å². The van der Waals surface area contributed by atoms with Gasteiger partial charge in [-0.2, -0.15) is 0 Å². The summed E-state index contributed by atoms with van der Waals surface area (Å²) in [7, 11) is 0. The number of hydrogen-bond acceptors (Lipinski definition) is 3. The van der Waals surface area contributed by atoms with Gasteiger partial charge in [-0.3, -0.25) is 9.39 Å². The van der Waals surface area contributed by atoms with Gasteiger partial charge in [0.1, 0.15) is 5.82 Å². The maximum atomic E-state index is 4.66. The third-order valence-corrected chi connectivity index (χ3v) is 4.11. The normalized spacial score (nSPS) is 11.2. The van der Waals surface area contributed by atoms with Crippen LogP contribution in [0.2, 0.25) is 0 Å². The van der Waals surface area contributed by atoms with E-state index in [1.54, 1.807) is 0 Å². The number of guanidine groups is 1. The third-order valence-electron chi connectivity index (χ3n) is 4.11. The highest BCUT2D eigenvalue weighted by atomic mass is 127. The molecule has 2 aromatic heterocycles. The number of nitrogens with one attached hydrogen (secondary N) is 2. The standard InChI is InChI=1S/C20H26N6.HI/c1-2-21-20(22-14-8-11-17-9-4-3-5-10-17)23-15-13-19-25-24-18-12-6-7-16-26(18)19;/h3-7,9-10,12,16H,2,8,11,13-15H2,1H3,(H2,21,22,23);1H. The molecule has 27 heavy (non-hydrogen) atoms. The first-order valence-corrected chi connectivity index (χ1v) is 9.21. The van der Waals surface area contributed by atoms with E-state index in [1.807, 2.05) is 34.9 Å². The molecule has 0 fully saturated rings. The molecular formula is C20H27IN6.